The molecule has 1 amide bonds. The van der Waals surface area contributed by atoms with Gasteiger partial charge in [0.15, 0.2) is 0 Å². The molecule has 156 valence electrons. The van der Waals surface area contributed by atoms with E-state index in [9.17, 15) is 17.6 Å². The topological polar surface area (TPSA) is 84.5 Å². The quantitative estimate of drug-likeness (QED) is 0.564. The van der Waals surface area contributed by atoms with Gasteiger partial charge in [0.1, 0.15) is 11.6 Å². The van der Waals surface area contributed by atoms with Crippen LogP contribution in [0.15, 0.2) is 66.7 Å². The minimum atomic E-state index is -3.89. The third-order valence-electron chi connectivity index (χ3n) is 4.44. The normalized spacial score (nSPS) is 11.2. The zero-order valence-corrected chi connectivity index (χ0v) is 17.3. The van der Waals surface area contributed by atoms with Crippen molar-refractivity contribution in [2.24, 2.45) is 0 Å². The zero-order chi connectivity index (χ0) is 21.7. The molecule has 0 spiro atoms. The number of hydrazine groups is 1. The molecule has 0 unspecified atom stereocenters. The van der Waals surface area contributed by atoms with Crippen LogP contribution in [0.1, 0.15) is 21.5 Å². The molecule has 0 saturated carbocycles. The van der Waals surface area contributed by atoms with Crippen LogP contribution in [0.3, 0.4) is 0 Å². The molecule has 3 rings (SSSR count). The summed E-state index contributed by atoms with van der Waals surface area (Å²) in [5, 5.41) is 0. The van der Waals surface area contributed by atoms with Gasteiger partial charge in [-0.3, -0.25) is 10.2 Å². The maximum atomic E-state index is 14.5. The number of carbonyl (C=O) groups excluding carboxylic acids is 1. The van der Waals surface area contributed by atoms with Crippen molar-refractivity contribution in [3.63, 3.8) is 0 Å². The lowest BCUT2D eigenvalue weighted by Crippen LogP contribution is -2.42. The van der Waals surface area contributed by atoms with Crippen molar-refractivity contribution in [2.45, 2.75) is 12.7 Å². The average molecular weight is 428 g/mol. The summed E-state index contributed by atoms with van der Waals surface area (Å²) in [5.74, 6) is -1.35. The van der Waals surface area contributed by atoms with E-state index in [0.29, 0.717) is 16.9 Å². The highest BCUT2D eigenvalue weighted by molar-refractivity contribution is 7.88. The van der Waals surface area contributed by atoms with E-state index in [1.54, 1.807) is 37.3 Å². The van der Waals surface area contributed by atoms with Crippen LogP contribution in [0.5, 0.6) is 5.75 Å². The average Bonchev–Trinajstić information content (AvgIpc) is 2.75. The highest BCUT2D eigenvalue weighted by atomic mass is 32.2. The Morgan fingerprint density at radius 2 is 1.67 bits per heavy atom. The first-order valence-electron chi connectivity index (χ1n) is 9.07. The largest absolute Gasteiger partial charge is 0.497 e. The number of halogens is 1. The van der Waals surface area contributed by atoms with E-state index in [0.717, 1.165) is 5.56 Å². The molecule has 0 heterocycles. The number of hydrogen-bond donors (Lipinski definition) is 2. The SMILES string of the molecule is COc1ccc(CS(=O)(=O)NNC(=O)c2cc(-c3ccccc3)cc(C)c2F)cc1. The molecule has 0 radical (unpaired) electrons. The van der Waals surface area contributed by atoms with E-state index in [1.807, 2.05) is 35.2 Å². The fraction of sp³-hybridized carbons (Fsp3) is 0.136. The molecule has 6 nitrogen and oxygen atoms in total. The Balaban J connectivity index is 1.74. The van der Waals surface area contributed by atoms with Gasteiger partial charge in [-0.2, -0.15) is 0 Å². The predicted octanol–water partition coefficient (Wildman–Crippen LogP) is 3.57. The Morgan fingerprint density at radius 3 is 2.30 bits per heavy atom. The molecule has 0 atom stereocenters. The second kappa shape index (κ2) is 9.06. The number of sulfonamides is 1. The monoisotopic (exact) mass is 428 g/mol. The summed E-state index contributed by atoms with van der Waals surface area (Å²) in [6.07, 6.45) is 0. The van der Waals surface area contributed by atoms with Crippen LogP contribution in [-0.4, -0.2) is 21.4 Å². The number of hydrogen-bond acceptors (Lipinski definition) is 4. The van der Waals surface area contributed by atoms with Gasteiger partial charge in [0, 0.05) is 0 Å². The third kappa shape index (κ3) is 5.22. The van der Waals surface area contributed by atoms with Crippen molar-refractivity contribution in [3.8, 4) is 16.9 Å². The molecule has 0 saturated heterocycles. The molecule has 8 heteroatoms. The van der Waals surface area contributed by atoms with Gasteiger partial charge < -0.3 is 4.74 Å². The van der Waals surface area contributed by atoms with Crippen molar-refractivity contribution >= 4 is 15.9 Å². The minimum absolute atomic E-state index is 0.249. The molecular formula is C22H21FN2O4S. The van der Waals surface area contributed by atoms with Crippen LogP contribution < -0.4 is 15.0 Å². The minimum Gasteiger partial charge on any atom is -0.497 e. The summed E-state index contributed by atoms with van der Waals surface area (Å²) in [7, 11) is -2.38. The lowest BCUT2D eigenvalue weighted by Gasteiger charge is -2.12. The standard InChI is InChI=1S/C22H21FN2O4S/c1-15-12-18(17-6-4-3-5-7-17)13-20(21(15)23)22(26)24-25-30(27,28)14-16-8-10-19(29-2)11-9-16/h3-13,25H,14H2,1-2H3,(H,24,26). The number of rotatable bonds is 7. The predicted molar refractivity (Wildman–Crippen MR) is 113 cm³/mol. The first kappa shape index (κ1) is 21.5. The summed E-state index contributed by atoms with van der Waals surface area (Å²) in [6.45, 7) is 1.55. The molecule has 2 N–H and O–H groups in total. The fourth-order valence-electron chi connectivity index (χ4n) is 2.90. The van der Waals surface area contributed by atoms with Crippen LogP contribution in [0.25, 0.3) is 11.1 Å². The van der Waals surface area contributed by atoms with E-state index in [2.05, 4.69) is 5.43 Å². The highest BCUT2D eigenvalue weighted by Gasteiger charge is 2.19. The Morgan fingerprint density at radius 1 is 1.00 bits per heavy atom. The van der Waals surface area contributed by atoms with E-state index >= 15 is 0 Å². The number of amides is 1. The second-order valence-corrected chi connectivity index (χ2v) is 8.41. The van der Waals surface area contributed by atoms with Crippen molar-refractivity contribution in [2.75, 3.05) is 7.11 Å². The van der Waals surface area contributed by atoms with Gasteiger partial charge in [-0.1, -0.05) is 42.5 Å². The van der Waals surface area contributed by atoms with Crippen molar-refractivity contribution in [1.82, 2.24) is 10.3 Å². The molecule has 0 aliphatic heterocycles. The van der Waals surface area contributed by atoms with Gasteiger partial charge in [-0.05, 0) is 53.4 Å². The smallest absolute Gasteiger partial charge is 0.269 e. The molecule has 0 fully saturated rings. The number of carbonyl (C=O) groups is 1. The molecule has 0 aliphatic rings. The number of benzene rings is 3. The number of nitrogens with one attached hydrogen (secondary N) is 2. The molecule has 0 aliphatic carbocycles. The molecule has 0 bridgehead atoms. The summed E-state index contributed by atoms with van der Waals surface area (Å²) >= 11 is 0. The molecular weight excluding hydrogens is 407 g/mol. The van der Waals surface area contributed by atoms with Gasteiger partial charge in [-0.25, -0.2) is 12.8 Å². The molecule has 3 aromatic carbocycles. The highest BCUT2D eigenvalue weighted by Crippen LogP contribution is 2.24. The molecule has 30 heavy (non-hydrogen) atoms. The van der Waals surface area contributed by atoms with Crippen molar-refractivity contribution < 1.29 is 22.3 Å². The van der Waals surface area contributed by atoms with Gasteiger partial charge in [0.2, 0.25) is 10.0 Å². The van der Waals surface area contributed by atoms with E-state index in [-0.39, 0.29) is 16.9 Å². The Kier molecular flexibility index (Phi) is 6.49. The summed E-state index contributed by atoms with van der Waals surface area (Å²) < 4.78 is 44.1. The lowest BCUT2D eigenvalue weighted by molar-refractivity contribution is 0.0941. The van der Waals surface area contributed by atoms with E-state index in [4.69, 9.17) is 4.74 Å². The van der Waals surface area contributed by atoms with Crippen LogP contribution in [-0.2, 0) is 15.8 Å². The van der Waals surface area contributed by atoms with E-state index in [1.165, 1.54) is 13.2 Å². The first-order valence-corrected chi connectivity index (χ1v) is 10.7. The maximum Gasteiger partial charge on any atom is 0.269 e. The molecule has 3 aromatic rings. The Hall–Kier alpha value is -3.23. The summed E-state index contributed by atoms with van der Waals surface area (Å²) in [6, 6.07) is 18.7. The van der Waals surface area contributed by atoms with Gasteiger partial charge in [-0.15, -0.1) is 4.83 Å². The van der Waals surface area contributed by atoms with Crippen LogP contribution >= 0.6 is 0 Å². The van der Waals surface area contributed by atoms with Crippen molar-refractivity contribution in [1.29, 1.82) is 0 Å². The first-order chi connectivity index (χ1) is 14.3. The lowest BCUT2D eigenvalue weighted by atomic mass is 9.99. The maximum absolute atomic E-state index is 14.5. The zero-order valence-electron chi connectivity index (χ0n) is 16.5. The number of methoxy groups -OCH3 is 1. The number of ether oxygens (including phenoxy) is 1. The van der Waals surface area contributed by atoms with Crippen molar-refractivity contribution in [3.05, 3.63) is 89.2 Å². The van der Waals surface area contributed by atoms with Gasteiger partial charge >= 0.3 is 0 Å². The Labute approximate surface area is 174 Å². The summed E-state index contributed by atoms with van der Waals surface area (Å²) in [4.78, 5) is 14.5. The van der Waals surface area contributed by atoms with Gasteiger partial charge in [0.05, 0.1) is 18.4 Å². The third-order valence-corrected chi connectivity index (χ3v) is 5.57. The van der Waals surface area contributed by atoms with Gasteiger partial charge in [0.25, 0.3) is 5.91 Å². The molecule has 0 aromatic heterocycles. The van der Waals surface area contributed by atoms with Crippen LogP contribution in [0.4, 0.5) is 4.39 Å². The van der Waals surface area contributed by atoms with E-state index < -0.39 is 21.7 Å². The second-order valence-electron chi connectivity index (χ2n) is 6.68. The number of aryl methyl sites for hydroxylation is 1. The summed E-state index contributed by atoms with van der Waals surface area (Å²) in [5.41, 5.74) is 4.09. The van der Waals surface area contributed by atoms with Crippen LogP contribution in [0, 0.1) is 12.7 Å². The fourth-order valence-corrected chi connectivity index (χ4v) is 3.85. The van der Waals surface area contributed by atoms with Crippen LogP contribution in [0.2, 0.25) is 0 Å². The Bertz CT molecular complexity index is 1150.